The summed E-state index contributed by atoms with van der Waals surface area (Å²) in [5.74, 6) is -1.26. The number of ether oxygens (including phenoxy) is 1. The van der Waals surface area contributed by atoms with Crippen molar-refractivity contribution in [2.75, 3.05) is 0 Å². The van der Waals surface area contributed by atoms with Gasteiger partial charge in [-0.05, 0) is 11.5 Å². The van der Waals surface area contributed by atoms with Gasteiger partial charge in [-0.1, -0.05) is 44.2 Å². The molecule has 1 atom stereocenters. The number of isocyanates is 1. The summed E-state index contributed by atoms with van der Waals surface area (Å²) in [6.45, 7) is 3.75. The number of aliphatic carboxylic acids is 1. The first-order chi connectivity index (χ1) is 9.00. The highest BCUT2D eigenvalue weighted by atomic mass is 16.5. The molecule has 1 aromatic carbocycles. The maximum atomic E-state index is 11.4. The summed E-state index contributed by atoms with van der Waals surface area (Å²) in [7, 11) is 0. The standard InChI is InChI=1S/C14H17NO4/c1-11(2)8-14(13(17)18,15-10-16)19-9-12-6-4-3-5-7-12/h3-7,11H,8-9H2,1-2H3,(H,17,18). The van der Waals surface area contributed by atoms with Crippen molar-refractivity contribution in [3.8, 4) is 0 Å². The van der Waals surface area contributed by atoms with Crippen LogP contribution in [0.4, 0.5) is 0 Å². The quantitative estimate of drug-likeness (QED) is 0.605. The number of nitrogens with zero attached hydrogens (tertiary/aromatic N) is 1. The second-order valence-corrected chi connectivity index (χ2v) is 4.66. The Balaban J connectivity index is 2.90. The summed E-state index contributed by atoms with van der Waals surface area (Å²) in [6, 6.07) is 9.13. The van der Waals surface area contributed by atoms with Crippen molar-refractivity contribution >= 4 is 12.0 Å². The molecule has 0 fully saturated rings. The van der Waals surface area contributed by atoms with E-state index in [1.54, 1.807) is 0 Å². The average molecular weight is 263 g/mol. The van der Waals surface area contributed by atoms with E-state index in [0.29, 0.717) is 0 Å². The number of rotatable bonds is 7. The van der Waals surface area contributed by atoms with Crippen molar-refractivity contribution in [2.45, 2.75) is 32.6 Å². The van der Waals surface area contributed by atoms with E-state index in [1.165, 1.54) is 6.08 Å². The Morgan fingerprint density at radius 2 is 2.05 bits per heavy atom. The third-order valence-electron chi connectivity index (χ3n) is 2.57. The lowest BCUT2D eigenvalue weighted by Crippen LogP contribution is -2.40. The smallest absolute Gasteiger partial charge is 0.360 e. The fourth-order valence-corrected chi connectivity index (χ4v) is 1.74. The van der Waals surface area contributed by atoms with Crippen LogP contribution in [0.2, 0.25) is 0 Å². The lowest BCUT2D eigenvalue weighted by atomic mass is 10.0. The van der Waals surface area contributed by atoms with Gasteiger partial charge in [-0.2, -0.15) is 4.99 Å². The van der Waals surface area contributed by atoms with Gasteiger partial charge in [-0.15, -0.1) is 0 Å². The molecule has 0 aliphatic rings. The van der Waals surface area contributed by atoms with Gasteiger partial charge < -0.3 is 9.84 Å². The Kier molecular flexibility index (Phi) is 5.42. The van der Waals surface area contributed by atoms with Gasteiger partial charge in [-0.25, -0.2) is 9.59 Å². The van der Waals surface area contributed by atoms with Crippen LogP contribution >= 0.6 is 0 Å². The lowest BCUT2D eigenvalue weighted by molar-refractivity contribution is -0.169. The Labute approximate surface area is 111 Å². The van der Waals surface area contributed by atoms with Crippen LogP contribution in [0.25, 0.3) is 0 Å². The lowest BCUT2D eigenvalue weighted by Gasteiger charge is -2.25. The van der Waals surface area contributed by atoms with E-state index in [9.17, 15) is 14.7 Å². The number of carboxylic acid groups (broad SMARTS) is 1. The molecule has 5 heteroatoms. The van der Waals surface area contributed by atoms with Crippen LogP contribution in [0.15, 0.2) is 35.3 Å². The third-order valence-corrected chi connectivity index (χ3v) is 2.57. The van der Waals surface area contributed by atoms with Gasteiger partial charge in [0, 0.05) is 6.42 Å². The number of carboxylic acids is 1. The second kappa shape index (κ2) is 6.83. The highest BCUT2D eigenvalue weighted by molar-refractivity contribution is 5.78. The molecule has 1 N–H and O–H groups in total. The Morgan fingerprint density at radius 3 is 2.53 bits per heavy atom. The number of carbonyl (C=O) groups is 1. The van der Waals surface area contributed by atoms with Gasteiger partial charge in [0.2, 0.25) is 6.08 Å². The van der Waals surface area contributed by atoms with Crippen LogP contribution in [0.3, 0.4) is 0 Å². The zero-order valence-corrected chi connectivity index (χ0v) is 11.0. The number of hydrogen-bond acceptors (Lipinski definition) is 4. The predicted molar refractivity (Wildman–Crippen MR) is 69.2 cm³/mol. The molecule has 0 spiro atoms. The summed E-state index contributed by atoms with van der Waals surface area (Å²) >= 11 is 0. The average Bonchev–Trinajstić information content (AvgIpc) is 2.36. The van der Waals surface area contributed by atoms with Crippen LogP contribution in [0.1, 0.15) is 25.8 Å². The van der Waals surface area contributed by atoms with Gasteiger partial charge in [0.1, 0.15) is 0 Å². The van der Waals surface area contributed by atoms with Crippen molar-refractivity contribution in [3.63, 3.8) is 0 Å². The van der Waals surface area contributed by atoms with Gasteiger partial charge in [0.25, 0.3) is 5.72 Å². The zero-order chi connectivity index (χ0) is 14.3. The Bertz CT molecular complexity index is 462. The van der Waals surface area contributed by atoms with Crippen LogP contribution in [-0.2, 0) is 20.9 Å². The monoisotopic (exact) mass is 263 g/mol. The molecule has 0 saturated heterocycles. The van der Waals surface area contributed by atoms with Crippen molar-refractivity contribution in [2.24, 2.45) is 10.9 Å². The molecule has 102 valence electrons. The first-order valence-corrected chi connectivity index (χ1v) is 6.00. The third kappa shape index (κ3) is 4.32. The first kappa shape index (κ1) is 15.1. The second-order valence-electron chi connectivity index (χ2n) is 4.66. The van der Waals surface area contributed by atoms with Crippen molar-refractivity contribution in [1.29, 1.82) is 0 Å². The molecule has 0 aliphatic carbocycles. The van der Waals surface area contributed by atoms with E-state index in [4.69, 9.17) is 4.74 Å². The Morgan fingerprint density at radius 1 is 1.42 bits per heavy atom. The number of carbonyl (C=O) groups excluding carboxylic acids is 1. The molecule has 0 aromatic heterocycles. The van der Waals surface area contributed by atoms with E-state index < -0.39 is 11.7 Å². The normalized spacial score (nSPS) is 13.6. The van der Waals surface area contributed by atoms with Crippen LogP contribution < -0.4 is 0 Å². The summed E-state index contributed by atoms with van der Waals surface area (Å²) in [5.41, 5.74) is -1.04. The summed E-state index contributed by atoms with van der Waals surface area (Å²) in [6.07, 6.45) is 1.42. The molecule has 0 heterocycles. The SMILES string of the molecule is CC(C)CC(N=C=O)(OCc1ccccc1)C(=O)O. The molecule has 1 rings (SSSR count). The number of hydrogen-bond donors (Lipinski definition) is 1. The fourth-order valence-electron chi connectivity index (χ4n) is 1.74. The maximum Gasteiger partial charge on any atom is 0.360 e. The minimum Gasteiger partial charge on any atom is -0.478 e. The van der Waals surface area contributed by atoms with Gasteiger partial charge >= 0.3 is 5.97 Å². The van der Waals surface area contributed by atoms with Crippen molar-refractivity contribution in [1.82, 2.24) is 0 Å². The van der Waals surface area contributed by atoms with E-state index in [0.717, 1.165) is 5.56 Å². The maximum absolute atomic E-state index is 11.4. The molecule has 0 bridgehead atoms. The van der Waals surface area contributed by atoms with Gasteiger partial charge in [-0.3, -0.25) is 0 Å². The number of benzene rings is 1. The molecular formula is C14H17NO4. The molecule has 1 unspecified atom stereocenters. The summed E-state index contributed by atoms with van der Waals surface area (Å²) in [5, 5.41) is 9.28. The zero-order valence-electron chi connectivity index (χ0n) is 11.0. The van der Waals surface area contributed by atoms with E-state index >= 15 is 0 Å². The molecule has 0 aliphatic heterocycles. The molecule has 1 aromatic rings. The first-order valence-electron chi connectivity index (χ1n) is 6.00. The molecule has 0 saturated carbocycles. The van der Waals surface area contributed by atoms with Crippen molar-refractivity contribution in [3.05, 3.63) is 35.9 Å². The minimum atomic E-state index is -1.86. The minimum absolute atomic E-state index is 0.0176. The van der Waals surface area contributed by atoms with E-state index in [2.05, 4.69) is 4.99 Å². The van der Waals surface area contributed by atoms with Gasteiger partial charge in [0.15, 0.2) is 0 Å². The van der Waals surface area contributed by atoms with Crippen LogP contribution in [0.5, 0.6) is 0 Å². The van der Waals surface area contributed by atoms with Gasteiger partial charge in [0.05, 0.1) is 6.61 Å². The van der Waals surface area contributed by atoms with E-state index in [1.807, 2.05) is 44.2 Å². The molecule has 0 amide bonds. The van der Waals surface area contributed by atoms with E-state index in [-0.39, 0.29) is 18.9 Å². The molecular weight excluding hydrogens is 246 g/mol. The predicted octanol–water partition coefficient (Wildman–Crippen LogP) is 2.37. The largest absolute Gasteiger partial charge is 0.478 e. The Hall–Kier alpha value is -1.97. The summed E-state index contributed by atoms with van der Waals surface area (Å²) in [4.78, 5) is 25.2. The van der Waals surface area contributed by atoms with Crippen molar-refractivity contribution < 1.29 is 19.4 Å². The van der Waals surface area contributed by atoms with Crippen LogP contribution in [-0.4, -0.2) is 22.9 Å². The number of aliphatic imine (C=N–C) groups is 1. The summed E-state index contributed by atoms with van der Waals surface area (Å²) < 4.78 is 5.40. The molecule has 19 heavy (non-hydrogen) atoms. The molecule has 5 nitrogen and oxygen atoms in total. The fraction of sp³-hybridized carbons (Fsp3) is 0.429. The van der Waals surface area contributed by atoms with Crippen LogP contribution in [0, 0.1) is 5.92 Å². The topological polar surface area (TPSA) is 76.0 Å². The highest BCUT2D eigenvalue weighted by Crippen LogP contribution is 2.25. The molecule has 0 radical (unpaired) electrons. The highest BCUT2D eigenvalue weighted by Gasteiger charge is 2.40.